The summed E-state index contributed by atoms with van der Waals surface area (Å²) in [4.78, 5) is 17.9. The highest BCUT2D eigenvalue weighted by atomic mass is 19.4. The molecule has 0 radical (unpaired) electrons. The van der Waals surface area contributed by atoms with Crippen molar-refractivity contribution in [2.75, 3.05) is 6.54 Å². The summed E-state index contributed by atoms with van der Waals surface area (Å²) in [5.41, 5.74) is 1.57. The lowest BCUT2D eigenvalue weighted by Gasteiger charge is -2.23. The fraction of sp³-hybridized carbons (Fsp3) is 0.474. The van der Waals surface area contributed by atoms with Crippen molar-refractivity contribution < 1.29 is 22.4 Å². The first-order valence-electron chi connectivity index (χ1n) is 8.68. The van der Waals surface area contributed by atoms with Crippen LogP contribution in [-0.4, -0.2) is 28.5 Å². The summed E-state index contributed by atoms with van der Waals surface area (Å²) in [5.74, 6) is 0.139. The Hall–Kier alpha value is -2.31. The number of hydrogen-bond donors (Lipinski definition) is 0. The van der Waals surface area contributed by atoms with Crippen LogP contribution in [0.4, 0.5) is 13.2 Å². The van der Waals surface area contributed by atoms with E-state index in [9.17, 15) is 18.0 Å². The molecule has 0 saturated carbocycles. The van der Waals surface area contributed by atoms with Crippen molar-refractivity contribution in [3.8, 4) is 11.3 Å². The van der Waals surface area contributed by atoms with E-state index in [1.165, 1.54) is 4.90 Å². The highest BCUT2D eigenvalue weighted by Gasteiger charge is 2.39. The van der Waals surface area contributed by atoms with Crippen molar-refractivity contribution in [2.45, 2.75) is 51.2 Å². The Morgan fingerprint density at radius 2 is 2.00 bits per heavy atom. The van der Waals surface area contributed by atoms with E-state index in [1.54, 1.807) is 0 Å². The fourth-order valence-electron chi connectivity index (χ4n) is 3.28. The van der Waals surface area contributed by atoms with Gasteiger partial charge in [-0.25, -0.2) is 4.98 Å². The second kappa shape index (κ2) is 7.13. The van der Waals surface area contributed by atoms with E-state index in [-0.39, 0.29) is 5.92 Å². The third-order valence-electron chi connectivity index (χ3n) is 4.45. The first kappa shape index (κ1) is 18.5. The van der Waals surface area contributed by atoms with E-state index < -0.39 is 24.5 Å². The summed E-state index contributed by atoms with van der Waals surface area (Å²) in [6.07, 6.45) is -4.78. The van der Waals surface area contributed by atoms with Crippen molar-refractivity contribution in [2.24, 2.45) is 0 Å². The van der Waals surface area contributed by atoms with Gasteiger partial charge in [0.05, 0.1) is 0 Å². The fourth-order valence-corrected chi connectivity index (χ4v) is 3.28. The second-order valence-corrected chi connectivity index (χ2v) is 6.82. The Labute approximate surface area is 150 Å². The molecule has 1 aliphatic heterocycles. The molecule has 4 nitrogen and oxygen atoms in total. The summed E-state index contributed by atoms with van der Waals surface area (Å²) in [6, 6.07) is 8.96. The molecular formula is C19H21F3N2O2. The van der Waals surface area contributed by atoms with Crippen molar-refractivity contribution in [1.29, 1.82) is 0 Å². The predicted molar refractivity (Wildman–Crippen MR) is 90.4 cm³/mol. The van der Waals surface area contributed by atoms with E-state index in [0.717, 1.165) is 5.56 Å². The highest BCUT2D eigenvalue weighted by Crippen LogP contribution is 2.38. The van der Waals surface area contributed by atoms with Crippen molar-refractivity contribution in [1.82, 2.24) is 9.88 Å². The van der Waals surface area contributed by atoms with Crippen LogP contribution in [-0.2, 0) is 4.79 Å². The monoisotopic (exact) mass is 366 g/mol. The van der Waals surface area contributed by atoms with Crippen LogP contribution in [0.2, 0.25) is 0 Å². The summed E-state index contributed by atoms with van der Waals surface area (Å²) in [5, 5.41) is 0. The number of benzene rings is 1. The molecule has 1 atom stereocenters. The van der Waals surface area contributed by atoms with Gasteiger partial charge >= 0.3 is 6.18 Å². The SMILES string of the molecule is CC(C)c1oc([C@H]2CCCN2C(=O)CC(F)(F)F)nc1-c1ccccc1. The first-order chi connectivity index (χ1) is 12.3. The van der Waals surface area contributed by atoms with Gasteiger partial charge in [-0.05, 0) is 12.8 Å². The smallest absolute Gasteiger partial charge is 0.397 e. The number of amides is 1. The third-order valence-corrected chi connectivity index (χ3v) is 4.45. The first-order valence-corrected chi connectivity index (χ1v) is 8.68. The van der Waals surface area contributed by atoms with Crippen LogP contribution < -0.4 is 0 Å². The molecule has 1 fully saturated rings. The van der Waals surface area contributed by atoms with Gasteiger partial charge in [-0.1, -0.05) is 44.2 Å². The Morgan fingerprint density at radius 3 is 2.62 bits per heavy atom. The molecule has 1 aromatic heterocycles. The van der Waals surface area contributed by atoms with Gasteiger partial charge < -0.3 is 9.32 Å². The molecule has 26 heavy (non-hydrogen) atoms. The van der Waals surface area contributed by atoms with Gasteiger partial charge in [-0.15, -0.1) is 0 Å². The van der Waals surface area contributed by atoms with E-state index in [0.29, 0.717) is 36.7 Å². The van der Waals surface area contributed by atoms with E-state index in [2.05, 4.69) is 4.98 Å². The number of carbonyl (C=O) groups excluding carboxylic acids is 1. The molecule has 1 saturated heterocycles. The lowest BCUT2D eigenvalue weighted by atomic mass is 10.0. The number of halogens is 3. The minimum Gasteiger partial charge on any atom is -0.442 e. The number of aromatic nitrogens is 1. The molecule has 140 valence electrons. The van der Waals surface area contributed by atoms with Crippen LogP contribution in [0.25, 0.3) is 11.3 Å². The molecule has 2 aromatic rings. The van der Waals surface area contributed by atoms with Crippen LogP contribution in [0.5, 0.6) is 0 Å². The van der Waals surface area contributed by atoms with Gasteiger partial charge in [0.25, 0.3) is 0 Å². The molecule has 3 rings (SSSR count). The molecule has 0 unspecified atom stereocenters. The molecule has 0 aliphatic carbocycles. The van der Waals surface area contributed by atoms with E-state index >= 15 is 0 Å². The van der Waals surface area contributed by atoms with Gasteiger partial charge in [-0.2, -0.15) is 13.2 Å². The number of carbonyl (C=O) groups is 1. The lowest BCUT2D eigenvalue weighted by molar-refractivity contribution is -0.162. The topological polar surface area (TPSA) is 46.3 Å². The van der Waals surface area contributed by atoms with E-state index in [4.69, 9.17) is 4.42 Å². The summed E-state index contributed by atoms with van der Waals surface area (Å²) in [6.45, 7) is 4.23. The second-order valence-electron chi connectivity index (χ2n) is 6.82. The van der Waals surface area contributed by atoms with Gasteiger partial charge in [0, 0.05) is 18.0 Å². The Balaban J connectivity index is 1.92. The third kappa shape index (κ3) is 3.92. The predicted octanol–water partition coefficient (Wildman–Crippen LogP) is 5.08. The highest BCUT2D eigenvalue weighted by molar-refractivity contribution is 5.77. The molecule has 0 N–H and O–H groups in total. The Kier molecular flexibility index (Phi) is 5.07. The Morgan fingerprint density at radius 1 is 1.31 bits per heavy atom. The van der Waals surface area contributed by atoms with Crippen LogP contribution in [0.3, 0.4) is 0 Å². The molecule has 1 aromatic carbocycles. The lowest BCUT2D eigenvalue weighted by Crippen LogP contribution is -2.33. The molecule has 1 aliphatic rings. The number of hydrogen-bond acceptors (Lipinski definition) is 3. The van der Waals surface area contributed by atoms with Crippen LogP contribution in [0, 0.1) is 0 Å². The summed E-state index contributed by atoms with van der Waals surface area (Å²) < 4.78 is 43.7. The normalized spacial score (nSPS) is 17.9. The molecule has 2 heterocycles. The molecular weight excluding hydrogens is 345 g/mol. The number of likely N-dealkylation sites (tertiary alicyclic amines) is 1. The summed E-state index contributed by atoms with van der Waals surface area (Å²) in [7, 11) is 0. The van der Waals surface area contributed by atoms with Crippen LogP contribution in [0.15, 0.2) is 34.7 Å². The standard InChI is InChI=1S/C19H21F3N2O2/c1-12(2)17-16(13-7-4-3-5-8-13)23-18(26-17)14-9-6-10-24(14)15(25)11-19(20,21)22/h3-5,7-8,12,14H,6,9-11H2,1-2H3/t14-/m1/s1. The zero-order valence-corrected chi connectivity index (χ0v) is 14.7. The zero-order valence-electron chi connectivity index (χ0n) is 14.7. The molecule has 7 heteroatoms. The van der Waals surface area contributed by atoms with Crippen LogP contribution in [0.1, 0.15) is 56.7 Å². The Bertz CT molecular complexity index is 769. The van der Waals surface area contributed by atoms with Gasteiger partial charge in [0.1, 0.15) is 23.9 Å². The number of alkyl halides is 3. The molecule has 1 amide bonds. The number of rotatable bonds is 4. The average molecular weight is 366 g/mol. The van der Waals surface area contributed by atoms with Crippen LogP contribution >= 0.6 is 0 Å². The molecule has 0 spiro atoms. The quantitative estimate of drug-likeness (QED) is 0.758. The van der Waals surface area contributed by atoms with Gasteiger partial charge in [0.2, 0.25) is 11.8 Å². The van der Waals surface area contributed by atoms with Crippen molar-refractivity contribution >= 4 is 5.91 Å². The summed E-state index contributed by atoms with van der Waals surface area (Å²) >= 11 is 0. The number of nitrogens with zero attached hydrogens (tertiary/aromatic N) is 2. The van der Waals surface area contributed by atoms with Crippen molar-refractivity contribution in [3.63, 3.8) is 0 Å². The molecule has 0 bridgehead atoms. The van der Waals surface area contributed by atoms with E-state index in [1.807, 2.05) is 44.2 Å². The number of oxazole rings is 1. The maximum absolute atomic E-state index is 12.6. The largest absolute Gasteiger partial charge is 0.442 e. The minimum atomic E-state index is -4.51. The maximum Gasteiger partial charge on any atom is 0.397 e. The van der Waals surface area contributed by atoms with Gasteiger partial charge in [0.15, 0.2) is 0 Å². The average Bonchev–Trinajstić information content (AvgIpc) is 3.21. The zero-order chi connectivity index (χ0) is 18.9. The minimum absolute atomic E-state index is 0.0622. The van der Waals surface area contributed by atoms with Gasteiger partial charge in [-0.3, -0.25) is 4.79 Å². The maximum atomic E-state index is 12.6. The van der Waals surface area contributed by atoms with Crippen molar-refractivity contribution in [3.05, 3.63) is 42.0 Å².